The number of benzene rings is 4. The minimum atomic E-state index is 0.264. The molecule has 0 atom stereocenters. The summed E-state index contributed by atoms with van der Waals surface area (Å²) < 4.78 is 0. The van der Waals surface area contributed by atoms with Crippen LogP contribution < -0.4 is 0 Å². The first kappa shape index (κ1) is 19.7. The Kier molecular flexibility index (Phi) is 5.92. The lowest BCUT2D eigenvalue weighted by Gasteiger charge is -2.32. The van der Waals surface area contributed by atoms with Crippen molar-refractivity contribution in [3.05, 3.63) is 144 Å². The molecule has 2 nitrogen and oxygen atoms in total. The van der Waals surface area contributed by atoms with Gasteiger partial charge >= 0.3 is 0 Å². The van der Waals surface area contributed by atoms with Crippen LogP contribution in [0.15, 0.2) is 121 Å². The fourth-order valence-electron chi connectivity index (χ4n) is 4.82. The van der Waals surface area contributed by atoms with Crippen molar-refractivity contribution < 1.29 is 0 Å². The monoisotopic (exact) mass is 404 g/mol. The van der Waals surface area contributed by atoms with E-state index in [0.717, 1.165) is 19.8 Å². The van der Waals surface area contributed by atoms with Crippen molar-refractivity contribution in [2.45, 2.75) is 12.1 Å². The summed E-state index contributed by atoms with van der Waals surface area (Å²) in [6.07, 6.45) is 0. The van der Waals surface area contributed by atoms with Crippen molar-refractivity contribution in [3.8, 4) is 0 Å². The summed E-state index contributed by atoms with van der Waals surface area (Å²) in [5.74, 6) is 0. The van der Waals surface area contributed by atoms with Crippen LogP contribution in [0.2, 0.25) is 0 Å². The average molecular weight is 405 g/mol. The van der Waals surface area contributed by atoms with Gasteiger partial charge in [-0.05, 0) is 22.3 Å². The second-order valence-electron chi connectivity index (χ2n) is 8.21. The zero-order valence-corrected chi connectivity index (χ0v) is 17.7. The van der Waals surface area contributed by atoms with Crippen LogP contribution in [-0.2, 0) is 0 Å². The van der Waals surface area contributed by atoms with Crippen molar-refractivity contribution in [2.24, 2.45) is 0 Å². The van der Waals surface area contributed by atoms with Crippen molar-refractivity contribution in [2.75, 3.05) is 19.8 Å². The third kappa shape index (κ3) is 4.32. The van der Waals surface area contributed by atoms with Crippen LogP contribution in [0.25, 0.3) is 0 Å². The summed E-state index contributed by atoms with van der Waals surface area (Å²) in [6, 6.07) is 44.2. The minimum absolute atomic E-state index is 0.264. The van der Waals surface area contributed by atoms with Crippen LogP contribution in [0.1, 0.15) is 34.3 Å². The molecule has 4 aromatic rings. The van der Waals surface area contributed by atoms with Gasteiger partial charge in [-0.25, -0.2) is 0 Å². The van der Waals surface area contributed by atoms with Gasteiger partial charge in [0.25, 0.3) is 0 Å². The zero-order valence-electron chi connectivity index (χ0n) is 17.7. The van der Waals surface area contributed by atoms with E-state index in [2.05, 4.69) is 131 Å². The summed E-state index contributed by atoms with van der Waals surface area (Å²) in [7, 11) is 0. The third-order valence-corrected chi connectivity index (χ3v) is 6.23. The Hall–Kier alpha value is -3.20. The molecule has 0 aromatic heterocycles. The standard InChI is InChI=1S/C29H28N2/c1-5-13-24(14-6-1)28(25-15-7-2-8-16-25)30-21-22-31(23-30)29(26-17-9-3-10-18-26)27-19-11-4-12-20-27/h1-20,28-29H,21-23H2. The van der Waals surface area contributed by atoms with Gasteiger partial charge in [-0.3, -0.25) is 9.80 Å². The molecule has 5 rings (SSSR count). The van der Waals surface area contributed by atoms with E-state index in [4.69, 9.17) is 0 Å². The molecule has 0 spiro atoms. The van der Waals surface area contributed by atoms with Gasteiger partial charge in [-0.1, -0.05) is 121 Å². The third-order valence-electron chi connectivity index (χ3n) is 6.23. The highest BCUT2D eigenvalue weighted by atomic mass is 15.4. The number of nitrogens with zero attached hydrogens (tertiary/aromatic N) is 2. The van der Waals surface area contributed by atoms with Crippen LogP contribution in [0.5, 0.6) is 0 Å². The molecular formula is C29H28N2. The van der Waals surface area contributed by atoms with E-state index in [-0.39, 0.29) is 12.1 Å². The van der Waals surface area contributed by atoms with E-state index in [0.29, 0.717) is 0 Å². The molecule has 1 saturated heterocycles. The maximum Gasteiger partial charge on any atom is 0.0613 e. The smallest absolute Gasteiger partial charge is 0.0613 e. The number of hydrogen-bond acceptors (Lipinski definition) is 2. The predicted octanol–water partition coefficient (Wildman–Crippen LogP) is 6.14. The Morgan fingerprint density at radius 3 is 0.903 bits per heavy atom. The molecule has 2 heteroatoms. The van der Waals surface area contributed by atoms with E-state index < -0.39 is 0 Å². The summed E-state index contributed by atoms with van der Waals surface area (Å²) in [6.45, 7) is 3.03. The molecule has 1 aliphatic heterocycles. The van der Waals surface area contributed by atoms with Gasteiger partial charge < -0.3 is 0 Å². The number of rotatable bonds is 6. The molecule has 0 aliphatic carbocycles. The Bertz CT molecular complexity index is 897. The zero-order chi connectivity index (χ0) is 20.9. The summed E-state index contributed by atoms with van der Waals surface area (Å²) in [4.78, 5) is 5.23. The van der Waals surface area contributed by atoms with Crippen molar-refractivity contribution in [1.29, 1.82) is 0 Å². The van der Waals surface area contributed by atoms with Gasteiger partial charge in [0.05, 0.1) is 18.8 Å². The summed E-state index contributed by atoms with van der Waals surface area (Å²) >= 11 is 0. The lowest BCUT2D eigenvalue weighted by Crippen LogP contribution is -2.32. The molecule has 154 valence electrons. The molecule has 31 heavy (non-hydrogen) atoms. The fourth-order valence-corrected chi connectivity index (χ4v) is 4.82. The van der Waals surface area contributed by atoms with E-state index in [1.54, 1.807) is 0 Å². The minimum Gasteiger partial charge on any atom is -0.278 e. The maximum atomic E-state index is 2.61. The SMILES string of the molecule is c1ccc(C(c2ccccc2)N2CCN(C(c3ccccc3)c3ccccc3)C2)cc1. The Morgan fingerprint density at radius 1 is 0.387 bits per heavy atom. The molecule has 0 radical (unpaired) electrons. The first-order valence-electron chi connectivity index (χ1n) is 11.1. The molecule has 1 fully saturated rings. The first-order valence-corrected chi connectivity index (χ1v) is 11.1. The molecule has 1 aliphatic rings. The van der Waals surface area contributed by atoms with E-state index in [1.807, 2.05) is 0 Å². The van der Waals surface area contributed by atoms with Crippen molar-refractivity contribution in [3.63, 3.8) is 0 Å². The fraction of sp³-hybridized carbons (Fsp3) is 0.172. The van der Waals surface area contributed by atoms with Crippen molar-refractivity contribution >= 4 is 0 Å². The topological polar surface area (TPSA) is 6.48 Å². The van der Waals surface area contributed by atoms with Gasteiger partial charge in [0, 0.05) is 13.1 Å². The second kappa shape index (κ2) is 9.30. The van der Waals surface area contributed by atoms with Crippen molar-refractivity contribution in [1.82, 2.24) is 9.80 Å². The molecule has 1 heterocycles. The van der Waals surface area contributed by atoms with Gasteiger partial charge in [-0.15, -0.1) is 0 Å². The summed E-state index contributed by atoms with van der Waals surface area (Å²) in [5.41, 5.74) is 5.41. The number of hydrogen-bond donors (Lipinski definition) is 0. The average Bonchev–Trinajstić information content (AvgIpc) is 3.31. The lowest BCUT2D eigenvalue weighted by molar-refractivity contribution is 0.190. The highest BCUT2D eigenvalue weighted by Crippen LogP contribution is 2.35. The molecular weight excluding hydrogens is 376 g/mol. The van der Waals surface area contributed by atoms with Gasteiger partial charge in [0.2, 0.25) is 0 Å². The maximum absolute atomic E-state index is 2.61. The molecule has 4 aromatic carbocycles. The van der Waals surface area contributed by atoms with Crippen LogP contribution in [0.4, 0.5) is 0 Å². The van der Waals surface area contributed by atoms with Crippen LogP contribution in [-0.4, -0.2) is 29.6 Å². The van der Waals surface area contributed by atoms with E-state index in [1.165, 1.54) is 22.3 Å². The largest absolute Gasteiger partial charge is 0.278 e. The Morgan fingerprint density at radius 2 is 0.645 bits per heavy atom. The van der Waals surface area contributed by atoms with E-state index >= 15 is 0 Å². The van der Waals surface area contributed by atoms with E-state index in [9.17, 15) is 0 Å². The van der Waals surface area contributed by atoms with Crippen LogP contribution >= 0.6 is 0 Å². The van der Waals surface area contributed by atoms with Gasteiger partial charge in [0.1, 0.15) is 0 Å². The van der Waals surface area contributed by atoms with Gasteiger partial charge in [-0.2, -0.15) is 0 Å². The lowest BCUT2D eigenvalue weighted by atomic mass is 9.97. The normalized spacial score (nSPS) is 15.0. The molecule has 0 N–H and O–H groups in total. The van der Waals surface area contributed by atoms with Gasteiger partial charge in [0.15, 0.2) is 0 Å². The highest BCUT2D eigenvalue weighted by Gasteiger charge is 2.33. The second-order valence-corrected chi connectivity index (χ2v) is 8.21. The quantitative estimate of drug-likeness (QED) is 0.381. The molecule has 0 unspecified atom stereocenters. The first-order chi connectivity index (χ1) is 15.4. The highest BCUT2D eigenvalue weighted by molar-refractivity contribution is 5.34. The Labute approximate surface area is 185 Å². The molecule has 0 amide bonds. The predicted molar refractivity (Wildman–Crippen MR) is 128 cm³/mol. The van der Waals surface area contributed by atoms with Crippen LogP contribution in [0.3, 0.4) is 0 Å². The Balaban J connectivity index is 1.48. The molecule has 0 saturated carbocycles. The van der Waals surface area contributed by atoms with Crippen LogP contribution in [0, 0.1) is 0 Å². The summed E-state index contributed by atoms with van der Waals surface area (Å²) in [5, 5.41) is 0. The molecule has 0 bridgehead atoms.